The fourth-order valence-electron chi connectivity index (χ4n) is 3.48. The molecule has 178 valence electrons. The summed E-state index contributed by atoms with van der Waals surface area (Å²) in [4.78, 5) is 38.0. The first-order valence-corrected chi connectivity index (χ1v) is 10.5. The van der Waals surface area contributed by atoms with Crippen LogP contribution in [0.5, 0.6) is 0 Å². The Morgan fingerprint density at radius 3 is 2.44 bits per heavy atom. The van der Waals surface area contributed by atoms with Crippen LogP contribution in [0.15, 0.2) is 79.5 Å². The van der Waals surface area contributed by atoms with Crippen molar-refractivity contribution in [1.29, 1.82) is 0 Å². The lowest BCUT2D eigenvalue weighted by atomic mass is 10.0. The van der Waals surface area contributed by atoms with E-state index >= 15 is 4.39 Å². The van der Waals surface area contributed by atoms with Crippen LogP contribution in [0.4, 0.5) is 29.3 Å². The summed E-state index contributed by atoms with van der Waals surface area (Å²) in [5.74, 6) is -3.33. The summed E-state index contributed by atoms with van der Waals surface area (Å²) < 4.78 is 44.4. The van der Waals surface area contributed by atoms with Crippen molar-refractivity contribution in [3.05, 3.63) is 108 Å². The normalized spacial score (nSPS) is 10.9. The summed E-state index contributed by atoms with van der Waals surface area (Å²) in [6.07, 6.45) is 6.29. The zero-order chi connectivity index (χ0) is 25.2. The molecule has 8 nitrogen and oxygen atoms in total. The molecular weight excluding hydrogens is 473 g/mol. The fraction of sp³-hybridized carbons (Fsp3) is 0. The van der Waals surface area contributed by atoms with E-state index in [1.54, 1.807) is 17.0 Å². The van der Waals surface area contributed by atoms with Gasteiger partial charge in [0.25, 0.3) is 0 Å². The Balaban J connectivity index is 1.43. The number of anilines is 2. The summed E-state index contributed by atoms with van der Waals surface area (Å²) in [6, 6.07) is 10.2. The molecule has 3 aromatic carbocycles. The molecule has 0 bridgehead atoms. The second kappa shape index (κ2) is 9.29. The third kappa shape index (κ3) is 4.49. The second-order valence-corrected chi connectivity index (χ2v) is 7.60. The van der Waals surface area contributed by atoms with Crippen LogP contribution < -0.4 is 10.6 Å². The highest BCUT2D eigenvalue weighted by Crippen LogP contribution is 2.25. The smallest absolute Gasteiger partial charge is 0.308 e. The maximum absolute atomic E-state index is 15.2. The summed E-state index contributed by atoms with van der Waals surface area (Å²) in [5, 5.41) is 4.62. The molecule has 5 aromatic rings. The van der Waals surface area contributed by atoms with Gasteiger partial charge in [0.05, 0.1) is 28.5 Å². The molecule has 36 heavy (non-hydrogen) atoms. The van der Waals surface area contributed by atoms with E-state index in [0.29, 0.717) is 16.9 Å². The molecule has 0 fully saturated rings. The van der Waals surface area contributed by atoms with Gasteiger partial charge in [-0.2, -0.15) is 0 Å². The Labute approximate surface area is 201 Å². The predicted molar refractivity (Wildman–Crippen MR) is 125 cm³/mol. The zero-order valence-electron chi connectivity index (χ0n) is 18.2. The highest BCUT2D eigenvalue weighted by Gasteiger charge is 2.23. The molecule has 11 heteroatoms. The van der Waals surface area contributed by atoms with Gasteiger partial charge in [0, 0.05) is 23.6 Å². The first kappa shape index (κ1) is 22.7. The number of benzene rings is 3. The molecule has 2 heterocycles. The number of carbonyl (C=O) groups is 2. The van der Waals surface area contributed by atoms with E-state index in [2.05, 4.69) is 25.6 Å². The summed E-state index contributed by atoms with van der Waals surface area (Å²) >= 11 is 0. The lowest BCUT2D eigenvalue weighted by Gasteiger charge is -2.12. The van der Waals surface area contributed by atoms with Crippen molar-refractivity contribution < 1.29 is 22.8 Å². The number of rotatable bonds is 5. The molecule has 2 N–H and O–H groups in total. The monoisotopic (exact) mass is 488 g/mol. The van der Waals surface area contributed by atoms with Crippen LogP contribution in [0, 0.1) is 17.5 Å². The highest BCUT2D eigenvalue weighted by molar-refractivity contribution is 6.11. The lowest BCUT2D eigenvalue weighted by molar-refractivity contribution is 0.103. The van der Waals surface area contributed by atoms with Crippen molar-refractivity contribution in [2.75, 3.05) is 10.6 Å². The predicted octanol–water partition coefficient (Wildman–Crippen LogP) is 5.11. The first-order chi connectivity index (χ1) is 17.4. The quantitative estimate of drug-likeness (QED) is 0.335. The first-order valence-electron chi connectivity index (χ1n) is 10.5. The average molecular weight is 488 g/mol. The Morgan fingerprint density at radius 1 is 0.889 bits per heavy atom. The minimum atomic E-state index is -1.24. The standard InChI is InChI=1S/C25H15F3N6O2/c26-15-2-4-16(5-3-15)31-25(36)33-19-8-6-17(27)22(23(19)28)24(35)14-1-7-18-20(11-14)32-21(12-30-18)34-10-9-29-13-34/h1-13H,(H2,31,33,36). The number of nitrogens with zero attached hydrogens (tertiary/aromatic N) is 4. The number of fused-ring (bicyclic) bond motifs is 1. The van der Waals surface area contributed by atoms with Gasteiger partial charge in [0.15, 0.2) is 17.4 Å². The molecule has 2 aromatic heterocycles. The molecule has 0 aliphatic heterocycles. The van der Waals surface area contributed by atoms with Gasteiger partial charge in [0.2, 0.25) is 0 Å². The molecule has 0 aliphatic carbocycles. The van der Waals surface area contributed by atoms with E-state index in [1.165, 1.54) is 42.9 Å². The number of ketones is 1. The van der Waals surface area contributed by atoms with E-state index in [0.717, 1.165) is 24.3 Å². The van der Waals surface area contributed by atoms with Crippen LogP contribution in [-0.4, -0.2) is 31.3 Å². The van der Waals surface area contributed by atoms with E-state index < -0.39 is 40.5 Å². The zero-order valence-corrected chi connectivity index (χ0v) is 18.2. The van der Waals surface area contributed by atoms with Crippen molar-refractivity contribution in [3.63, 3.8) is 0 Å². The van der Waals surface area contributed by atoms with E-state index in [-0.39, 0.29) is 11.3 Å². The number of urea groups is 1. The van der Waals surface area contributed by atoms with E-state index in [4.69, 9.17) is 0 Å². The fourth-order valence-corrected chi connectivity index (χ4v) is 3.48. The van der Waals surface area contributed by atoms with Crippen LogP contribution >= 0.6 is 0 Å². The summed E-state index contributed by atoms with van der Waals surface area (Å²) in [7, 11) is 0. The van der Waals surface area contributed by atoms with Gasteiger partial charge >= 0.3 is 6.03 Å². The Hall–Kier alpha value is -5.06. The number of carbonyl (C=O) groups excluding carboxylic acids is 2. The molecule has 0 radical (unpaired) electrons. The number of hydrogen-bond acceptors (Lipinski definition) is 5. The molecule has 0 unspecified atom stereocenters. The van der Waals surface area contributed by atoms with Crippen LogP contribution in [0.2, 0.25) is 0 Å². The number of imidazole rings is 1. The third-order valence-corrected chi connectivity index (χ3v) is 5.23. The van der Waals surface area contributed by atoms with E-state index in [1.807, 2.05) is 0 Å². The van der Waals surface area contributed by atoms with Crippen LogP contribution in [0.1, 0.15) is 15.9 Å². The number of nitrogens with one attached hydrogen (secondary N) is 2. The number of amides is 2. The maximum atomic E-state index is 15.2. The largest absolute Gasteiger partial charge is 0.323 e. The van der Waals surface area contributed by atoms with Crippen LogP contribution in [0.3, 0.4) is 0 Å². The van der Waals surface area contributed by atoms with Crippen molar-refractivity contribution in [2.24, 2.45) is 0 Å². The Bertz CT molecular complexity index is 1610. The minimum Gasteiger partial charge on any atom is -0.308 e. The maximum Gasteiger partial charge on any atom is 0.323 e. The average Bonchev–Trinajstić information content (AvgIpc) is 3.42. The minimum absolute atomic E-state index is 0.0229. The Kier molecular flexibility index (Phi) is 5.87. The van der Waals surface area contributed by atoms with Crippen LogP contribution in [0.25, 0.3) is 16.9 Å². The molecule has 0 spiro atoms. The number of halogens is 3. The van der Waals surface area contributed by atoms with Gasteiger partial charge in [0.1, 0.15) is 18.0 Å². The second-order valence-electron chi connectivity index (χ2n) is 7.60. The molecule has 0 atom stereocenters. The van der Waals surface area contributed by atoms with Gasteiger partial charge in [-0.25, -0.2) is 27.9 Å². The van der Waals surface area contributed by atoms with Crippen molar-refractivity contribution in [1.82, 2.24) is 19.5 Å². The van der Waals surface area contributed by atoms with Crippen LogP contribution in [-0.2, 0) is 0 Å². The van der Waals surface area contributed by atoms with E-state index in [9.17, 15) is 18.4 Å². The molecule has 0 saturated heterocycles. The van der Waals surface area contributed by atoms with Crippen molar-refractivity contribution in [3.8, 4) is 5.82 Å². The Morgan fingerprint density at radius 2 is 1.69 bits per heavy atom. The molecule has 2 amide bonds. The summed E-state index contributed by atoms with van der Waals surface area (Å²) in [5.41, 5.74) is -0.217. The molecular formula is C25H15F3N6O2. The van der Waals surface area contributed by atoms with Crippen molar-refractivity contribution >= 4 is 34.2 Å². The van der Waals surface area contributed by atoms with Gasteiger partial charge < -0.3 is 10.6 Å². The topological polar surface area (TPSA) is 102 Å². The lowest BCUT2D eigenvalue weighted by Crippen LogP contribution is -2.21. The number of aromatic nitrogens is 4. The molecule has 0 aliphatic rings. The molecule has 5 rings (SSSR count). The van der Waals surface area contributed by atoms with Crippen molar-refractivity contribution in [2.45, 2.75) is 0 Å². The van der Waals surface area contributed by atoms with Gasteiger partial charge in [-0.15, -0.1) is 0 Å². The number of hydrogen-bond donors (Lipinski definition) is 2. The van der Waals surface area contributed by atoms with Gasteiger partial charge in [-0.05, 0) is 54.6 Å². The van der Waals surface area contributed by atoms with Gasteiger partial charge in [-0.3, -0.25) is 14.3 Å². The summed E-state index contributed by atoms with van der Waals surface area (Å²) in [6.45, 7) is 0. The highest BCUT2D eigenvalue weighted by atomic mass is 19.1. The molecule has 0 saturated carbocycles. The third-order valence-electron chi connectivity index (χ3n) is 5.23. The SMILES string of the molecule is O=C(Nc1ccc(F)cc1)Nc1ccc(F)c(C(=O)c2ccc3ncc(-n4ccnc4)nc3c2)c1F. The van der Waals surface area contributed by atoms with Gasteiger partial charge in [-0.1, -0.05) is 0 Å².